The molecule has 1 aliphatic heterocycles. The first-order chi connectivity index (χ1) is 19.6. The number of carbonyl (C=O) groups is 4. The van der Waals surface area contributed by atoms with Crippen LogP contribution in [0.25, 0.3) is 0 Å². The van der Waals surface area contributed by atoms with E-state index < -0.39 is 36.4 Å². The summed E-state index contributed by atoms with van der Waals surface area (Å²) >= 11 is 0. The lowest BCUT2D eigenvalue weighted by molar-refractivity contribution is -0.170. The molecule has 2 aliphatic rings. The first-order valence-electron chi connectivity index (χ1n) is 13.6. The number of hydrogen-bond acceptors (Lipinski definition) is 8. The van der Waals surface area contributed by atoms with Crippen LogP contribution in [-0.2, 0) is 34.1 Å². The minimum atomic E-state index is -2.74. The van der Waals surface area contributed by atoms with Crippen molar-refractivity contribution in [3.8, 4) is 0 Å². The van der Waals surface area contributed by atoms with Gasteiger partial charge in [0.1, 0.15) is 6.61 Å². The summed E-state index contributed by atoms with van der Waals surface area (Å²) in [6, 6.07) is 20.6. The number of nitrogens with zero attached hydrogens (tertiary/aromatic N) is 1. The molecule has 41 heavy (non-hydrogen) atoms. The highest BCUT2D eigenvalue weighted by Gasteiger charge is 2.61. The summed E-state index contributed by atoms with van der Waals surface area (Å²) in [6.07, 6.45) is 1.10. The molecule has 1 saturated heterocycles. The van der Waals surface area contributed by atoms with E-state index in [9.17, 15) is 19.2 Å². The van der Waals surface area contributed by atoms with E-state index in [-0.39, 0.29) is 17.3 Å². The van der Waals surface area contributed by atoms with Crippen molar-refractivity contribution in [2.24, 2.45) is 5.92 Å². The van der Waals surface area contributed by atoms with Gasteiger partial charge >= 0.3 is 23.9 Å². The van der Waals surface area contributed by atoms with Gasteiger partial charge in [-0.1, -0.05) is 60.7 Å². The lowest BCUT2D eigenvalue weighted by atomic mass is 9.86. The predicted octanol–water partition coefficient (Wildman–Crippen LogP) is 2.40. The van der Waals surface area contributed by atoms with Crippen molar-refractivity contribution in [1.82, 2.24) is 4.90 Å². The smallest absolute Gasteiger partial charge is 0.336 e. The zero-order valence-electron chi connectivity index (χ0n) is 22.8. The third kappa shape index (κ3) is 8.84. The SMILES string of the molecule is O=C(O)CC(O)(CC(=O)O)C(=O)O.O=C(OCCOCCN1CCCC1)C1CC1(c1ccccc1)c1ccccc1. The summed E-state index contributed by atoms with van der Waals surface area (Å²) in [5.74, 6) is -5.26. The van der Waals surface area contributed by atoms with Gasteiger partial charge in [-0.3, -0.25) is 14.4 Å². The Morgan fingerprint density at radius 3 is 1.78 bits per heavy atom. The van der Waals surface area contributed by atoms with Gasteiger partial charge in [-0.2, -0.15) is 0 Å². The summed E-state index contributed by atoms with van der Waals surface area (Å²) in [5, 5.41) is 33.8. The molecule has 1 atom stereocenters. The number of aliphatic carboxylic acids is 3. The van der Waals surface area contributed by atoms with E-state index in [0.29, 0.717) is 19.8 Å². The van der Waals surface area contributed by atoms with Crippen LogP contribution in [0.1, 0.15) is 43.2 Å². The lowest BCUT2D eigenvalue weighted by Crippen LogP contribution is -2.42. The van der Waals surface area contributed by atoms with Gasteiger partial charge in [0.15, 0.2) is 5.60 Å². The number of carboxylic acid groups (broad SMARTS) is 3. The van der Waals surface area contributed by atoms with E-state index in [2.05, 4.69) is 29.2 Å². The highest BCUT2D eigenvalue weighted by Crippen LogP contribution is 2.59. The van der Waals surface area contributed by atoms with Gasteiger partial charge in [0.05, 0.1) is 32.0 Å². The quantitative estimate of drug-likeness (QED) is 0.194. The minimum absolute atomic E-state index is 0.115. The molecule has 11 nitrogen and oxygen atoms in total. The molecule has 222 valence electrons. The van der Waals surface area contributed by atoms with Gasteiger partial charge < -0.3 is 34.8 Å². The maximum atomic E-state index is 12.7. The average molecular weight is 572 g/mol. The number of aliphatic hydroxyl groups is 1. The van der Waals surface area contributed by atoms with Crippen LogP contribution in [0.5, 0.6) is 0 Å². The molecular formula is C30H37NO10. The maximum Gasteiger partial charge on any atom is 0.336 e. The Labute approximate surface area is 238 Å². The maximum absolute atomic E-state index is 12.7. The van der Waals surface area contributed by atoms with Crippen LogP contribution >= 0.6 is 0 Å². The van der Waals surface area contributed by atoms with E-state index in [1.165, 1.54) is 37.1 Å². The molecular weight excluding hydrogens is 534 g/mol. The molecule has 1 heterocycles. The topological polar surface area (TPSA) is 171 Å². The van der Waals surface area contributed by atoms with E-state index >= 15 is 0 Å². The van der Waals surface area contributed by atoms with Gasteiger partial charge in [-0.25, -0.2) is 4.79 Å². The Bertz CT molecular complexity index is 1110. The average Bonchev–Trinajstić information content (AvgIpc) is 3.49. The first-order valence-corrected chi connectivity index (χ1v) is 13.6. The standard InChI is InChI=1S/C24H29NO3.C6H8O7/c26-23(28-18-17-27-16-15-25-13-7-8-14-25)22-19-24(22,20-9-3-1-4-10-20)21-11-5-2-6-12-21;7-3(8)1-6(13,5(11)12)2-4(9)10/h1-6,9-12,22H,7-8,13-19H2;13H,1-2H2,(H,7,8)(H,9,10)(H,11,12). The van der Waals surface area contributed by atoms with Crippen molar-refractivity contribution >= 4 is 23.9 Å². The Kier molecular flexibility index (Phi) is 11.4. The van der Waals surface area contributed by atoms with Crippen LogP contribution in [-0.4, -0.2) is 94.3 Å². The third-order valence-corrected chi connectivity index (χ3v) is 7.33. The number of esters is 1. The zero-order chi connectivity index (χ0) is 29.9. The number of carboxylic acids is 3. The number of likely N-dealkylation sites (tertiary alicyclic amines) is 1. The second kappa shape index (κ2) is 14.7. The Morgan fingerprint density at radius 1 is 0.805 bits per heavy atom. The minimum Gasteiger partial charge on any atom is -0.481 e. The number of ether oxygens (including phenoxy) is 2. The number of rotatable bonds is 14. The Hall–Kier alpha value is -3.80. The van der Waals surface area contributed by atoms with E-state index in [0.717, 1.165) is 13.0 Å². The fourth-order valence-electron chi connectivity index (χ4n) is 5.14. The molecule has 2 aromatic carbocycles. The van der Waals surface area contributed by atoms with Crippen LogP contribution in [0.15, 0.2) is 60.7 Å². The molecule has 1 saturated carbocycles. The highest BCUT2D eigenvalue weighted by molar-refractivity contribution is 5.88. The van der Waals surface area contributed by atoms with Crippen molar-refractivity contribution in [3.05, 3.63) is 71.8 Å². The summed E-state index contributed by atoms with van der Waals surface area (Å²) in [7, 11) is 0. The van der Waals surface area contributed by atoms with Crippen LogP contribution in [0.2, 0.25) is 0 Å². The Balaban J connectivity index is 0.000000302. The van der Waals surface area contributed by atoms with E-state index in [1.807, 2.05) is 36.4 Å². The third-order valence-electron chi connectivity index (χ3n) is 7.33. The lowest BCUT2D eigenvalue weighted by Gasteiger charge is -2.18. The van der Waals surface area contributed by atoms with Crippen LogP contribution < -0.4 is 0 Å². The second-order valence-electron chi connectivity index (χ2n) is 10.3. The fraction of sp³-hybridized carbons (Fsp3) is 0.467. The molecule has 2 aromatic rings. The summed E-state index contributed by atoms with van der Waals surface area (Å²) < 4.78 is 11.2. The van der Waals surface area contributed by atoms with Crippen molar-refractivity contribution < 1.29 is 49.1 Å². The van der Waals surface area contributed by atoms with Crippen LogP contribution in [0, 0.1) is 5.92 Å². The molecule has 0 radical (unpaired) electrons. The molecule has 1 unspecified atom stereocenters. The van der Waals surface area contributed by atoms with E-state index in [4.69, 9.17) is 29.9 Å². The normalized spacial score (nSPS) is 17.6. The molecule has 0 aromatic heterocycles. The fourth-order valence-corrected chi connectivity index (χ4v) is 5.14. The largest absolute Gasteiger partial charge is 0.481 e. The number of benzene rings is 2. The first kappa shape index (κ1) is 31.7. The monoisotopic (exact) mass is 571 g/mol. The summed E-state index contributed by atoms with van der Waals surface area (Å²) in [5.41, 5.74) is -0.622. The Morgan fingerprint density at radius 2 is 1.32 bits per heavy atom. The van der Waals surface area contributed by atoms with Crippen LogP contribution in [0.3, 0.4) is 0 Å². The van der Waals surface area contributed by atoms with Crippen molar-refractivity contribution in [1.29, 1.82) is 0 Å². The van der Waals surface area contributed by atoms with Gasteiger partial charge in [-0.05, 0) is 43.5 Å². The number of carbonyl (C=O) groups excluding carboxylic acids is 1. The molecule has 1 aliphatic carbocycles. The number of hydrogen-bond donors (Lipinski definition) is 4. The molecule has 0 spiro atoms. The summed E-state index contributed by atoms with van der Waals surface area (Å²) in [6.45, 7) is 4.84. The summed E-state index contributed by atoms with van der Waals surface area (Å²) in [4.78, 5) is 45.6. The predicted molar refractivity (Wildman–Crippen MR) is 146 cm³/mol. The van der Waals surface area contributed by atoms with Crippen LogP contribution in [0.4, 0.5) is 0 Å². The van der Waals surface area contributed by atoms with Gasteiger partial charge in [0, 0.05) is 12.0 Å². The molecule has 4 N–H and O–H groups in total. The molecule has 2 fully saturated rings. The molecule has 0 bridgehead atoms. The van der Waals surface area contributed by atoms with Crippen molar-refractivity contribution in [2.75, 3.05) is 39.5 Å². The van der Waals surface area contributed by atoms with Crippen molar-refractivity contribution in [2.45, 2.75) is 43.1 Å². The van der Waals surface area contributed by atoms with Gasteiger partial charge in [0.2, 0.25) is 0 Å². The highest BCUT2D eigenvalue weighted by atomic mass is 16.6. The van der Waals surface area contributed by atoms with Gasteiger partial charge in [-0.15, -0.1) is 0 Å². The van der Waals surface area contributed by atoms with Crippen molar-refractivity contribution in [3.63, 3.8) is 0 Å². The zero-order valence-corrected chi connectivity index (χ0v) is 22.8. The molecule has 4 rings (SSSR count). The van der Waals surface area contributed by atoms with E-state index in [1.54, 1.807) is 0 Å². The molecule has 11 heteroatoms. The second-order valence-corrected chi connectivity index (χ2v) is 10.3. The molecule has 0 amide bonds. The van der Waals surface area contributed by atoms with Gasteiger partial charge in [0.25, 0.3) is 0 Å².